The van der Waals surface area contributed by atoms with E-state index >= 15 is 0 Å². The smallest absolute Gasteiger partial charge is 0.226 e. The minimum absolute atomic E-state index is 0.0443. The van der Waals surface area contributed by atoms with Crippen LogP contribution < -0.4 is 0 Å². The highest BCUT2D eigenvalue weighted by molar-refractivity contribution is 6.02. The molecular weight excluding hydrogens is 322 g/mol. The molecule has 26 heavy (non-hydrogen) atoms. The number of allylic oxidation sites excluding steroid dienone is 2. The Kier molecular flexibility index (Phi) is 5.46. The molecule has 144 valence electrons. The summed E-state index contributed by atoms with van der Waals surface area (Å²) < 4.78 is 0. The predicted molar refractivity (Wildman–Crippen MR) is 105 cm³/mol. The number of hydrogen-bond acceptors (Lipinski definition) is 2. The number of nitrogens with zero attached hydrogens (tertiary/aromatic N) is 1. The van der Waals surface area contributed by atoms with Gasteiger partial charge in [-0.1, -0.05) is 47.5 Å². The van der Waals surface area contributed by atoms with Gasteiger partial charge in [0.25, 0.3) is 0 Å². The van der Waals surface area contributed by atoms with Crippen molar-refractivity contribution in [1.29, 1.82) is 0 Å². The fourth-order valence-corrected chi connectivity index (χ4v) is 5.26. The zero-order valence-corrected chi connectivity index (χ0v) is 17.2. The van der Waals surface area contributed by atoms with Crippen molar-refractivity contribution in [3.8, 4) is 0 Å². The van der Waals surface area contributed by atoms with E-state index in [-0.39, 0.29) is 17.2 Å². The van der Waals surface area contributed by atoms with Crippen LogP contribution in [0.25, 0.3) is 0 Å². The number of ketones is 1. The van der Waals surface area contributed by atoms with E-state index in [1.807, 2.05) is 11.8 Å². The Morgan fingerprint density at radius 1 is 1.19 bits per heavy atom. The molecule has 1 fully saturated rings. The lowest BCUT2D eigenvalue weighted by Gasteiger charge is -2.32. The molecule has 0 saturated heterocycles. The highest BCUT2D eigenvalue weighted by Crippen LogP contribution is 2.48. The second kappa shape index (κ2) is 7.32. The fourth-order valence-electron chi connectivity index (χ4n) is 5.26. The SMILES string of the molecule is CCC(=O)N1CC(C)(C)C2=C1C=C(CC1CCC(C)CC1)C(=O)C2CC. The standard InChI is InChI=1S/C23H35NO2/c1-6-18-21-19(24(20(25)7-2)14-23(21,4)5)13-17(22(18)26)12-16-10-8-15(3)9-11-16/h13,15-16,18H,6-12,14H2,1-5H3. The van der Waals surface area contributed by atoms with E-state index in [4.69, 9.17) is 0 Å². The van der Waals surface area contributed by atoms with E-state index in [2.05, 4.69) is 33.8 Å². The largest absolute Gasteiger partial charge is 0.312 e. The molecule has 0 radical (unpaired) electrons. The number of carbonyl (C=O) groups is 2. The molecule has 0 bridgehead atoms. The Balaban J connectivity index is 1.93. The molecule has 2 aliphatic carbocycles. The maximum absolute atomic E-state index is 13.3. The molecular formula is C23H35NO2. The molecule has 0 spiro atoms. The van der Waals surface area contributed by atoms with Gasteiger partial charge < -0.3 is 4.90 Å². The Bertz CT molecular complexity index is 647. The molecule has 0 aromatic heterocycles. The Morgan fingerprint density at radius 2 is 1.85 bits per heavy atom. The Morgan fingerprint density at radius 3 is 2.42 bits per heavy atom. The van der Waals surface area contributed by atoms with E-state index in [9.17, 15) is 9.59 Å². The normalized spacial score (nSPS) is 31.1. The highest BCUT2D eigenvalue weighted by Gasteiger charge is 2.46. The van der Waals surface area contributed by atoms with Crippen molar-refractivity contribution in [2.24, 2.45) is 23.2 Å². The van der Waals surface area contributed by atoms with Crippen LogP contribution in [0.15, 0.2) is 22.9 Å². The van der Waals surface area contributed by atoms with E-state index in [0.29, 0.717) is 24.7 Å². The van der Waals surface area contributed by atoms with Gasteiger partial charge in [0.15, 0.2) is 5.78 Å². The van der Waals surface area contributed by atoms with Gasteiger partial charge in [-0.15, -0.1) is 0 Å². The minimum Gasteiger partial charge on any atom is -0.312 e. The summed E-state index contributed by atoms with van der Waals surface area (Å²) in [6.07, 6.45) is 9.36. The summed E-state index contributed by atoms with van der Waals surface area (Å²) in [5.74, 6) is 1.91. The fraction of sp³-hybridized carbons (Fsp3) is 0.739. The first kappa shape index (κ1) is 19.4. The van der Waals surface area contributed by atoms with Gasteiger partial charge in [0.05, 0.1) is 0 Å². The van der Waals surface area contributed by atoms with E-state index in [1.165, 1.54) is 31.3 Å². The summed E-state index contributed by atoms with van der Waals surface area (Å²) in [5, 5.41) is 0. The second-order valence-electron chi connectivity index (χ2n) is 9.34. The van der Waals surface area contributed by atoms with Gasteiger partial charge in [-0.2, -0.15) is 0 Å². The van der Waals surface area contributed by atoms with Gasteiger partial charge in [-0.25, -0.2) is 0 Å². The molecule has 3 rings (SSSR count). The van der Waals surface area contributed by atoms with Gasteiger partial charge in [0, 0.05) is 30.0 Å². The van der Waals surface area contributed by atoms with Crippen LogP contribution in [0.1, 0.15) is 79.6 Å². The molecule has 1 unspecified atom stereocenters. The lowest BCUT2D eigenvalue weighted by atomic mass is 9.70. The summed E-state index contributed by atoms with van der Waals surface area (Å²) >= 11 is 0. The van der Waals surface area contributed by atoms with Gasteiger partial charge >= 0.3 is 0 Å². The van der Waals surface area contributed by atoms with Crippen LogP contribution in [0.4, 0.5) is 0 Å². The Labute approximate surface area is 158 Å². The zero-order chi connectivity index (χ0) is 19.1. The highest BCUT2D eigenvalue weighted by atomic mass is 16.2. The van der Waals surface area contributed by atoms with Crippen molar-refractivity contribution >= 4 is 11.7 Å². The summed E-state index contributed by atoms with van der Waals surface area (Å²) in [5.41, 5.74) is 3.11. The number of rotatable bonds is 4. The lowest BCUT2D eigenvalue weighted by Crippen LogP contribution is -2.31. The Hall–Kier alpha value is -1.38. The molecule has 1 heterocycles. The molecule has 1 aliphatic heterocycles. The van der Waals surface area contributed by atoms with Crippen LogP contribution >= 0.6 is 0 Å². The van der Waals surface area contributed by atoms with Gasteiger partial charge in [0.2, 0.25) is 5.91 Å². The predicted octanol–water partition coefficient (Wildman–Crippen LogP) is 5.27. The van der Waals surface area contributed by atoms with Crippen LogP contribution in [-0.4, -0.2) is 23.1 Å². The zero-order valence-electron chi connectivity index (χ0n) is 17.2. The van der Waals surface area contributed by atoms with Crippen LogP contribution in [0.3, 0.4) is 0 Å². The van der Waals surface area contributed by atoms with Crippen molar-refractivity contribution in [2.45, 2.75) is 79.6 Å². The van der Waals surface area contributed by atoms with E-state index in [1.54, 1.807) is 0 Å². The maximum atomic E-state index is 13.3. The monoisotopic (exact) mass is 357 g/mol. The van der Waals surface area contributed by atoms with Crippen LogP contribution in [0, 0.1) is 23.2 Å². The van der Waals surface area contributed by atoms with Crippen molar-refractivity contribution < 1.29 is 9.59 Å². The molecule has 0 aromatic rings. The summed E-state index contributed by atoms with van der Waals surface area (Å²) in [7, 11) is 0. The quantitative estimate of drug-likeness (QED) is 0.687. The van der Waals surface area contributed by atoms with Gasteiger partial charge in [-0.3, -0.25) is 9.59 Å². The van der Waals surface area contributed by atoms with Crippen molar-refractivity contribution in [1.82, 2.24) is 4.90 Å². The van der Waals surface area contributed by atoms with Crippen molar-refractivity contribution in [3.05, 3.63) is 22.9 Å². The molecule has 0 aromatic carbocycles. The first-order valence-corrected chi connectivity index (χ1v) is 10.6. The van der Waals surface area contributed by atoms with Gasteiger partial charge in [0.1, 0.15) is 0 Å². The van der Waals surface area contributed by atoms with E-state index in [0.717, 1.165) is 30.0 Å². The number of carbonyl (C=O) groups excluding carboxylic acids is 2. The first-order chi connectivity index (χ1) is 12.3. The molecule has 3 aliphatic rings. The maximum Gasteiger partial charge on any atom is 0.226 e. The number of hydrogen-bond donors (Lipinski definition) is 0. The van der Waals surface area contributed by atoms with E-state index < -0.39 is 0 Å². The molecule has 1 saturated carbocycles. The molecule has 0 N–H and O–H groups in total. The topological polar surface area (TPSA) is 37.4 Å². The average Bonchev–Trinajstić information content (AvgIpc) is 2.88. The molecule has 3 nitrogen and oxygen atoms in total. The summed E-state index contributed by atoms with van der Waals surface area (Å²) in [4.78, 5) is 27.8. The number of Topliss-reactive ketones (excluding diaryl/α,β-unsaturated/α-hetero) is 1. The van der Waals surface area contributed by atoms with Crippen LogP contribution in [0.5, 0.6) is 0 Å². The first-order valence-electron chi connectivity index (χ1n) is 10.6. The van der Waals surface area contributed by atoms with Gasteiger partial charge in [-0.05, 0) is 54.7 Å². The van der Waals surface area contributed by atoms with Crippen LogP contribution in [-0.2, 0) is 9.59 Å². The summed E-state index contributed by atoms with van der Waals surface area (Å²) in [6, 6.07) is 0. The third-order valence-electron chi connectivity index (χ3n) is 6.80. The molecule has 1 atom stereocenters. The third kappa shape index (κ3) is 3.42. The average molecular weight is 358 g/mol. The minimum atomic E-state index is -0.112. The summed E-state index contributed by atoms with van der Waals surface area (Å²) in [6.45, 7) is 11.4. The molecule has 3 heteroatoms. The van der Waals surface area contributed by atoms with Crippen molar-refractivity contribution in [2.75, 3.05) is 6.54 Å². The lowest BCUT2D eigenvalue weighted by molar-refractivity contribution is -0.129. The van der Waals surface area contributed by atoms with Crippen molar-refractivity contribution in [3.63, 3.8) is 0 Å². The molecule has 1 amide bonds. The van der Waals surface area contributed by atoms with Crippen LogP contribution in [0.2, 0.25) is 0 Å². The second-order valence-corrected chi connectivity index (χ2v) is 9.34. The third-order valence-corrected chi connectivity index (χ3v) is 6.80. The number of amides is 1.